The molecule has 2 unspecified atom stereocenters. The molecule has 1 aliphatic heterocycles. The van der Waals surface area contributed by atoms with Crippen LogP contribution in [-0.2, 0) is 9.53 Å². The summed E-state index contributed by atoms with van der Waals surface area (Å²) in [6.45, 7) is 0. The summed E-state index contributed by atoms with van der Waals surface area (Å²) in [6, 6.07) is 11.3. The lowest BCUT2D eigenvalue weighted by Gasteiger charge is -2.06. The van der Waals surface area contributed by atoms with Gasteiger partial charge in [-0.15, -0.1) is 0 Å². The Hall–Kier alpha value is -2.00. The van der Waals surface area contributed by atoms with E-state index in [1.807, 2.05) is 30.3 Å². The fourth-order valence-corrected chi connectivity index (χ4v) is 2.61. The van der Waals surface area contributed by atoms with E-state index in [0.717, 1.165) is 16.3 Å². The van der Waals surface area contributed by atoms with Gasteiger partial charge in [0, 0.05) is 5.56 Å². The predicted molar refractivity (Wildman–Crippen MR) is 60.9 cm³/mol. The molecule has 0 radical (unpaired) electrons. The molecule has 0 aromatic heterocycles. The van der Waals surface area contributed by atoms with Crippen molar-refractivity contribution in [1.82, 2.24) is 0 Å². The van der Waals surface area contributed by atoms with Crippen LogP contribution in [0.3, 0.4) is 0 Å². The molecular formula is C14H8O3. The van der Waals surface area contributed by atoms with E-state index >= 15 is 0 Å². The van der Waals surface area contributed by atoms with Crippen LogP contribution in [0.15, 0.2) is 36.4 Å². The Morgan fingerprint density at radius 2 is 1.71 bits per heavy atom. The first-order chi connectivity index (χ1) is 8.27. The molecule has 3 nitrogen and oxygen atoms in total. The van der Waals surface area contributed by atoms with Gasteiger partial charge in [0.25, 0.3) is 0 Å². The molecule has 0 amide bonds. The Morgan fingerprint density at radius 3 is 2.53 bits per heavy atom. The second kappa shape index (κ2) is 2.81. The number of carbonyl (C=O) groups is 2. The van der Waals surface area contributed by atoms with Crippen LogP contribution in [0.1, 0.15) is 22.0 Å². The molecule has 2 aromatic rings. The number of Topliss-reactive ketones (excluding diaryl/α,β-unsaturated/α-hetero) is 2. The standard InChI is InChI=1S/C14H8O3/c15-11-8-5-1-3-7-4-2-6-9(10(7)8)13-14(17-13)12(11)16/h1-6,13-14H. The predicted octanol–water partition coefficient (Wildman–Crippen LogP) is 2.05. The van der Waals surface area contributed by atoms with Gasteiger partial charge in [0.2, 0.25) is 11.6 Å². The monoisotopic (exact) mass is 224 g/mol. The Morgan fingerprint density at radius 1 is 0.941 bits per heavy atom. The highest BCUT2D eigenvalue weighted by molar-refractivity contribution is 6.48. The summed E-state index contributed by atoms with van der Waals surface area (Å²) in [5.74, 6) is -0.841. The lowest BCUT2D eigenvalue weighted by atomic mass is 9.97. The number of benzene rings is 2. The van der Waals surface area contributed by atoms with Crippen LogP contribution < -0.4 is 0 Å². The number of epoxide rings is 1. The highest BCUT2D eigenvalue weighted by Crippen LogP contribution is 2.45. The van der Waals surface area contributed by atoms with Gasteiger partial charge in [-0.25, -0.2) is 0 Å². The normalized spacial score (nSPS) is 25.6. The van der Waals surface area contributed by atoms with Crippen molar-refractivity contribution < 1.29 is 14.3 Å². The summed E-state index contributed by atoms with van der Waals surface area (Å²) < 4.78 is 5.32. The largest absolute Gasteiger partial charge is 0.356 e. The smallest absolute Gasteiger partial charge is 0.235 e. The Kier molecular flexibility index (Phi) is 1.50. The number of hydrogen-bond donors (Lipinski definition) is 0. The molecule has 0 saturated carbocycles. The number of hydrogen-bond acceptors (Lipinski definition) is 3. The molecule has 17 heavy (non-hydrogen) atoms. The molecule has 2 atom stereocenters. The van der Waals surface area contributed by atoms with Gasteiger partial charge in [-0.2, -0.15) is 0 Å². The summed E-state index contributed by atoms with van der Waals surface area (Å²) in [5, 5.41) is 1.86. The minimum Gasteiger partial charge on any atom is -0.356 e. The van der Waals surface area contributed by atoms with Crippen LogP contribution in [0.2, 0.25) is 0 Å². The van der Waals surface area contributed by atoms with E-state index in [0.29, 0.717) is 5.56 Å². The third-order valence-electron chi connectivity index (χ3n) is 3.46. The van der Waals surface area contributed by atoms with Crippen LogP contribution in [0.5, 0.6) is 0 Å². The highest BCUT2D eigenvalue weighted by Gasteiger charge is 2.51. The van der Waals surface area contributed by atoms with Crippen molar-refractivity contribution in [3.05, 3.63) is 47.5 Å². The summed E-state index contributed by atoms with van der Waals surface area (Å²) >= 11 is 0. The van der Waals surface area contributed by atoms with Crippen molar-refractivity contribution in [2.45, 2.75) is 12.2 Å². The second-order valence-corrected chi connectivity index (χ2v) is 4.42. The van der Waals surface area contributed by atoms with E-state index in [1.165, 1.54) is 0 Å². The molecule has 0 spiro atoms. The van der Waals surface area contributed by atoms with Crippen LogP contribution >= 0.6 is 0 Å². The molecule has 3 heteroatoms. The van der Waals surface area contributed by atoms with Crippen LogP contribution in [0.4, 0.5) is 0 Å². The molecule has 2 aliphatic rings. The third kappa shape index (κ3) is 1.04. The molecule has 0 bridgehead atoms. The first-order valence-electron chi connectivity index (χ1n) is 5.53. The zero-order chi connectivity index (χ0) is 11.6. The third-order valence-corrected chi connectivity index (χ3v) is 3.46. The molecule has 82 valence electrons. The molecule has 1 saturated heterocycles. The van der Waals surface area contributed by atoms with E-state index < -0.39 is 17.7 Å². The fourth-order valence-electron chi connectivity index (χ4n) is 2.61. The zero-order valence-corrected chi connectivity index (χ0v) is 8.84. The van der Waals surface area contributed by atoms with E-state index in [1.54, 1.807) is 6.07 Å². The summed E-state index contributed by atoms with van der Waals surface area (Å²) in [6.07, 6.45) is -0.778. The Balaban J connectivity index is 2.19. The highest BCUT2D eigenvalue weighted by atomic mass is 16.6. The van der Waals surface area contributed by atoms with Gasteiger partial charge in [0.05, 0.1) is 0 Å². The number of fused-ring (bicyclic) bond motifs is 2. The molecule has 1 aliphatic carbocycles. The van der Waals surface area contributed by atoms with Gasteiger partial charge >= 0.3 is 0 Å². The number of rotatable bonds is 0. The topological polar surface area (TPSA) is 46.7 Å². The minimum absolute atomic E-state index is 0.223. The van der Waals surface area contributed by atoms with E-state index in [-0.39, 0.29) is 6.10 Å². The van der Waals surface area contributed by atoms with Crippen molar-refractivity contribution in [1.29, 1.82) is 0 Å². The number of ketones is 2. The van der Waals surface area contributed by atoms with E-state index in [4.69, 9.17) is 4.74 Å². The van der Waals surface area contributed by atoms with Crippen molar-refractivity contribution in [2.24, 2.45) is 0 Å². The van der Waals surface area contributed by atoms with Crippen LogP contribution in [0.25, 0.3) is 10.8 Å². The summed E-state index contributed by atoms with van der Waals surface area (Å²) in [4.78, 5) is 23.9. The first kappa shape index (κ1) is 9.07. The minimum atomic E-state index is -0.555. The molecule has 1 heterocycles. The Bertz CT molecular complexity index is 682. The number of ether oxygens (including phenoxy) is 1. The number of carbonyl (C=O) groups excluding carboxylic acids is 2. The van der Waals surface area contributed by atoms with Crippen LogP contribution in [-0.4, -0.2) is 17.7 Å². The van der Waals surface area contributed by atoms with Gasteiger partial charge in [0.15, 0.2) is 6.10 Å². The lowest BCUT2D eigenvalue weighted by Crippen LogP contribution is -2.18. The maximum atomic E-state index is 12.0. The van der Waals surface area contributed by atoms with Crippen molar-refractivity contribution in [3.63, 3.8) is 0 Å². The summed E-state index contributed by atoms with van der Waals surface area (Å²) in [7, 11) is 0. The molecule has 4 rings (SSSR count). The maximum Gasteiger partial charge on any atom is 0.235 e. The summed E-state index contributed by atoms with van der Waals surface area (Å²) in [5.41, 5.74) is 1.47. The molecular weight excluding hydrogens is 216 g/mol. The fraction of sp³-hybridized carbons (Fsp3) is 0.143. The SMILES string of the molecule is O=C1C(=O)C2OC2c2cccc3cccc1c23. The van der Waals surface area contributed by atoms with Crippen LogP contribution in [0, 0.1) is 0 Å². The van der Waals surface area contributed by atoms with Gasteiger partial charge in [-0.3, -0.25) is 9.59 Å². The van der Waals surface area contributed by atoms with Gasteiger partial charge in [0.1, 0.15) is 6.10 Å². The van der Waals surface area contributed by atoms with Crippen molar-refractivity contribution >= 4 is 22.3 Å². The average Bonchev–Trinajstić information content (AvgIpc) is 3.15. The quantitative estimate of drug-likeness (QED) is 0.508. The first-order valence-corrected chi connectivity index (χ1v) is 5.53. The molecule has 2 aromatic carbocycles. The second-order valence-electron chi connectivity index (χ2n) is 4.42. The van der Waals surface area contributed by atoms with Crippen molar-refractivity contribution in [3.8, 4) is 0 Å². The molecule has 0 N–H and O–H groups in total. The van der Waals surface area contributed by atoms with Gasteiger partial charge < -0.3 is 4.74 Å². The average molecular weight is 224 g/mol. The van der Waals surface area contributed by atoms with Crippen molar-refractivity contribution in [2.75, 3.05) is 0 Å². The zero-order valence-electron chi connectivity index (χ0n) is 8.84. The van der Waals surface area contributed by atoms with E-state index in [9.17, 15) is 9.59 Å². The van der Waals surface area contributed by atoms with Gasteiger partial charge in [-0.05, 0) is 16.3 Å². The Labute approximate surface area is 97.0 Å². The lowest BCUT2D eigenvalue weighted by molar-refractivity contribution is -0.116. The molecule has 1 fully saturated rings. The maximum absolute atomic E-state index is 12.0. The van der Waals surface area contributed by atoms with Gasteiger partial charge in [-0.1, -0.05) is 36.4 Å². The van der Waals surface area contributed by atoms with E-state index in [2.05, 4.69) is 0 Å².